The number of thiazole rings is 1. The second-order valence-corrected chi connectivity index (χ2v) is 6.60. The number of aromatic nitrogens is 1. The normalized spacial score (nSPS) is 14.2. The highest BCUT2D eigenvalue weighted by molar-refractivity contribution is 7.13. The zero-order valence-corrected chi connectivity index (χ0v) is 16.7. The Hall–Kier alpha value is -1.25. The van der Waals surface area contributed by atoms with Gasteiger partial charge in [0, 0.05) is 43.7 Å². The molecule has 1 fully saturated rings. The molecule has 26 heavy (non-hydrogen) atoms. The summed E-state index contributed by atoms with van der Waals surface area (Å²) in [5.74, 6) is -0.433. The van der Waals surface area contributed by atoms with Gasteiger partial charge in [-0.15, -0.1) is 36.2 Å². The van der Waals surface area contributed by atoms with Crippen molar-refractivity contribution in [2.24, 2.45) is 0 Å². The summed E-state index contributed by atoms with van der Waals surface area (Å²) in [7, 11) is 0. The summed E-state index contributed by atoms with van der Waals surface area (Å²) >= 11 is 1.39. The van der Waals surface area contributed by atoms with Crippen molar-refractivity contribution in [2.45, 2.75) is 6.42 Å². The van der Waals surface area contributed by atoms with Gasteiger partial charge < -0.3 is 15.5 Å². The van der Waals surface area contributed by atoms with E-state index in [1.165, 1.54) is 23.5 Å². The number of carbonyl (C=O) groups excluding carboxylic acids is 1. The molecule has 1 aromatic heterocycles. The molecular weight excluding hydrogens is 398 g/mol. The van der Waals surface area contributed by atoms with E-state index in [9.17, 15) is 9.18 Å². The van der Waals surface area contributed by atoms with Crippen molar-refractivity contribution in [3.8, 4) is 10.6 Å². The number of piperazine rings is 1. The molecule has 0 unspecified atom stereocenters. The third kappa shape index (κ3) is 6.48. The lowest BCUT2D eigenvalue weighted by atomic mass is 10.2. The number of rotatable bonds is 6. The second-order valence-electron chi connectivity index (χ2n) is 5.75. The molecule has 1 amide bonds. The van der Waals surface area contributed by atoms with Crippen LogP contribution in [0.25, 0.3) is 10.6 Å². The largest absolute Gasteiger partial charge is 0.351 e. The van der Waals surface area contributed by atoms with Gasteiger partial charge in [0.2, 0.25) is 0 Å². The first-order chi connectivity index (χ1) is 11.7. The Labute approximate surface area is 169 Å². The molecule has 0 saturated carbocycles. The topological polar surface area (TPSA) is 57.3 Å². The summed E-state index contributed by atoms with van der Waals surface area (Å²) < 4.78 is 13.0. The average molecular weight is 421 g/mol. The Morgan fingerprint density at radius 3 is 2.62 bits per heavy atom. The van der Waals surface area contributed by atoms with Crippen LogP contribution < -0.4 is 10.6 Å². The number of carbonyl (C=O) groups is 1. The molecule has 0 spiro atoms. The predicted molar refractivity (Wildman–Crippen MR) is 108 cm³/mol. The van der Waals surface area contributed by atoms with Gasteiger partial charge in [0.15, 0.2) is 0 Å². The van der Waals surface area contributed by atoms with Gasteiger partial charge in [-0.2, -0.15) is 0 Å². The third-order valence-electron chi connectivity index (χ3n) is 3.97. The maximum atomic E-state index is 13.0. The molecular formula is C17H23Cl2FN4OS. The highest BCUT2D eigenvalue weighted by atomic mass is 35.5. The zero-order chi connectivity index (χ0) is 16.8. The van der Waals surface area contributed by atoms with Gasteiger partial charge in [0.25, 0.3) is 5.91 Å². The number of nitrogens with zero attached hydrogens (tertiary/aromatic N) is 2. The Kier molecular flexibility index (Phi) is 10.0. The molecule has 144 valence electrons. The summed E-state index contributed by atoms with van der Waals surface area (Å²) in [5.41, 5.74) is 1.24. The molecule has 2 heterocycles. The molecule has 9 heteroatoms. The predicted octanol–water partition coefficient (Wildman–Crippen LogP) is 2.82. The summed E-state index contributed by atoms with van der Waals surface area (Å²) in [4.78, 5) is 18.9. The van der Waals surface area contributed by atoms with E-state index in [-0.39, 0.29) is 36.5 Å². The molecule has 0 aliphatic carbocycles. The van der Waals surface area contributed by atoms with Crippen LogP contribution in [0.5, 0.6) is 0 Å². The molecule has 2 N–H and O–H groups in total. The van der Waals surface area contributed by atoms with E-state index in [2.05, 4.69) is 20.5 Å². The lowest BCUT2D eigenvalue weighted by molar-refractivity contribution is 0.0947. The SMILES string of the molecule is Cl.Cl.O=C(NCCCN1CCNCC1)c1csc(-c2ccc(F)cc2)n1. The van der Waals surface area contributed by atoms with E-state index in [0.29, 0.717) is 12.2 Å². The van der Waals surface area contributed by atoms with Crippen molar-refractivity contribution in [3.63, 3.8) is 0 Å². The van der Waals surface area contributed by atoms with Crippen molar-refractivity contribution >= 4 is 42.1 Å². The molecule has 0 radical (unpaired) electrons. The van der Waals surface area contributed by atoms with Crippen LogP contribution in [0.15, 0.2) is 29.6 Å². The molecule has 3 rings (SSSR count). The highest BCUT2D eigenvalue weighted by Crippen LogP contribution is 2.23. The number of hydrogen-bond acceptors (Lipinski definition) is 5. The van der Waals surface area contributed by atoms with Gasteiger partial charge in [-0.05, 0) is 37.2 Å². The van der Waals surface area contributed by atoms with Crippen molar-refractivity contribution in [2.75, 3.05) is 39.3 Å². The van der Waals surface area contributed by atoms with Crippen molar-refractivity contribution < 1.29 is 9.18 Å². The third-order valence-corrected chi connectivity index (χ3v) is 4.87. The van der Waals surface area contributed by atoms with E-state index in [1.54, 1.807) is 17.5 Å². The van der Waals surface area contributed by atoms with Crippen LogP contribution >= 0.6 is 36.2 Å². The maximum absolute atomic E-state index is 13.0. The quantitative estimate of drug-likeness (QED) is 0.705. The minimum absolute atomic E-state index is 0. The summed E-state index contributed by atoms with van der Waals surface area (Å²) in [6.45, 7) is 5.86. The van der Waals surface area contributed by atoms with Crippen LogP contribution in [0, 0.1) is 5.82 Å². The number of halogens is 3. The summed E-state index contributed by atoms with van der Waals surface area (Å²) in [6, 6.07) is 6.13. The molecule has 1 aromatic carbocycles. The fraction of sp³-hybridized carbons (Fsp3) is 0.412. The van der Waals surface area contributed by atoms with Crippen LogP contribution in [0.1, 0.15) is 16.9 Å². The first-order valence-electron chi connectivity index (χ1n) is 8.15. The zero-order valence-electron chi connectivity index (χ0n) is 14.2. The maximum Gasteiger partial charge on any atom is 0.270 e. The Bertz CT molecular complexity index is 678. The number of amides is 1. The Morgan fingerprint density at radius 2 is 1.92 bits per heavy atom. The molecule has 1 aliphatic rings. The van der Waals surface area contributed by atoms with Crippen LogP contribution in [0.4, 0.5) is 4.39 Å². The summed E-state index contributed by atoms with van der Waals surface area (Å²) in [5, 5.41) is 8.70. The first kappa shape index (κ1) is 22.8. The lowest BCUT2D eigenvalue weighted by Crippen LogP contribution is -2.44. The van der Waals surface area contributed by atoms with Gasteiger partial charge in [0.1, 0.15) is 16.5 Å². The minimum Gasteiger partial charge on any atom is -0.351 e. The fourth-order valence-corrected chi connectivity index (χ4v) is 3.44. The molecule has 0 atom stereocenters. The average Bonchev–Trinajstić information content (AvgIpc) is 3.10. The van der Waals surface area contributed by atoms with E-state index in [1.807, 2.05) is 0 Å². The second kappa shape index (κ2) is 11.5. The minimum atomic E-state index is -0.280. The van der Waals surface area contributed by atoms with Crippen LogP contribution in [0.3, 0.4) is 0 Å². The van der Waals surface area contributed by atoms with E-state index < -0.39 is 0 Å². The standard InChI is InChI=1S/C17H21FN4OS.2ClH/c18-14-4-2-13(3-5-14)17-21-15(12-24-17)16(23)20-6-1-9-22-10-7-19-8-11-22;;/h2-5,12,19H,1,6-11H2,(H,20,23);2*1H. The molecule has 1 saturated heterocycles. The van der Waals surface area contributed by atoms with Crippen molar-refractivity contribution in [3.05, 3.63) is 41.2 Å². The highest BCUT2D eigenvalue weighted by Gasteiger charge is 2.12. The van der Waals surface area contributed by atoms with Gasteiger partial charge in [-0.3, -0.25) is 4.79 Å². The van der Waals surface area contributed by atoms with Gasteiger partial charge >= 0.3 is 0 Å². The molecule has 1 aliphatic heterocycles. The van der Waals surface area contributed by atoms with E-state index in [4.69, 9.17) is 0 Å². The van der Waals surface area contributed by atoms with Crippen molar-refractivity contribution in [1.82, 2.24) is 20.5 Å². The van der Waals surface area contributed by atoms with E-state index >= 15 is 0 Å². The molecule has 0 bridgehead atoms. The first-order valence-corrected chi connectivity index (χ1v) is 9.03. The Balaban J connectivity index is 0.00000169. The molecule has 5 nitrogen and oxygen atoms in total. The number of hydrogen-bond donors (Lipinski definition) is 2. The van der Waals surface area contributed by atoms with Gasteiger partial charge in [-0.25, -0.2) is 9.37 Å². The fourth-order valence-electron chi connectivity index (χ4n) is 2.63. The van der Waals surface area contributed by atoms with Gasteiger partial charge in [-0.1, -0.05) is 0 Å². The van der Waals surface area contributed by atoms with Crippen LogP contribution in [0.2, 0.25) is 0 Å². The van der Waals surface area contributed by atoms with Crippen molar-refractivity contribution in [1.29, 1.82) is 0 Å². The van der Waals surface area contributed by atoms with E-state index in [0.717, 1.165) is 49.7 Å². The van der Waals surface area contributed by atoms with Gasteiger partial charge in [0.05, 0.1) is 0 Å². The Morgan fingerprint density at radius 1 is 1.23 bits per heavy atom. The van der Waals surface area contributed by atoms with Crippen LogP contribution in [-0.2, 0) is 0 Å². The van der Waals surface area contributed by atoms with Crippen LogP contribution in [-0.4, -0.2) is 55.1 Å². The number of benzene rings is 1. The summed E-state index contributed by atoms with van der Waals surface area (Å²) in [6.07, 6.45) is 0.931. The number of nitrogens with one attached hydrogen (secondary N) is 2. The monoisotopic (exact) mass is 420 g/mol. The molecule has 2 aromatic rings. The lowest BCUT2D eigenvalue weighted by Gasteiger charge is -2.26. The smallest absolute Gasteiger partial charge is 0.270 e.